The fourth-order valence-electron chi connectivity index (χ4n) is 2.43. The van der Waals surface area contributed by atoms with Crippen molar-refractivity contribution in [1.82, 2.24) is 5.32 Å². The molecule has 0 saturated heterocycles. The zero-order valence-electron chi connectivity index (χ0n) is 10.6. The minimum atomic E-state index is 0.0656. The van der Waals surface area contributed by atoms with E-state index in [1.165, 1.54) is 0 Å². The molecule has 1 aromatic carbocycles. The topological polar surface area (TPSA) is 38.3 Å². The number of rotatable bonds is 4. The molecule has 4 heteroatoms. The Kier molecular flexibility index (Phi) is 4.66. The lowest BCUT2D eigenvalue weighted by atomic mass is 10.1. The van der Waals surface area contributed by atoms with Gasteiger partial charge in [-0.3, -0.25) is 4.79 Å². The minimum absolute atomic E-state index is 0.0656. The zero-order valence-corrected chi connectivity index (χ0v) is 11.5. The van der Waals surface area contributed by atoms with E-state index in [2.05, 4.69) is 17.9 Å². The molecule has 3 nitrogen and oxygen atoms in total. The Balaban J connectivity index is 1.86. The summed E-state index contributed by atoms with van der Waals surface area (Å²) in [4.78, 5) is 12.8. The van der Waals surface area contributed by atoms with Crippen molar-refractivity contribution in [1.29, 1.82) is 0 Å². The van der Waals surface area contributed by atoms with E-state index >= 15 is 0 Å². The summed E-state index contributed by atoms with van der Waals surface area (Å²) in [6.45, 7) is 0. The Morgan fingerprint density at radius 1 is 1.39 bits per heavy atom. The highest BCUT2D eigenvalue weighted by molar-refractivity contribution is 7.80. The molecule has 1 aromatic rings. The van der Waals surface area contributed by atoms with E-state index in [1.54, 1.807) is 7.11 Å². The normalized spacial score (nSPS) is 23.0. The first kappa shape index (κ1) is 13.4. The first-order chi connectivity index (χ1) is 8.69. The fraction of sp³-hybridized carbons (Fsp3) is 0.500. The summed E-state index contributed by atoms with van der Waals surface area (Å²) < 4.78 is 5.37. The van der Waals surface area contributed by atoms with Crippen molar-refractivity contribution >= 4 is 18.5 Å². The maximum absolute atomic E-state index is 11.9. The lowest BCUT2D eigenvalue weighted by Crippen LogP contribution is -2.41. The van der Waals surface area contributed by atoms with Crippen molar-refractivity contribution in [3.63, 3.8) is 0 Å². The molecule has 1 amide bonds. The Bertz CT molecular complexity index is 405. The summed E-state index contributed by atoms with van der Waals surface area (Å²) in [6, 6.07) is 7.85. The molecule has 2 rings (SSSR count). The van der Waals surface area contributed by atoms with Crippen molar-refractivity contribution in [3.8, 4) is 0 Å². The highest BCUT2D eigenvalue weighted by Gasteiger charge is 2.28. The second kappa shape index (κ2) is 6.25. The van der Waals surface area contributed by atoms with Gasteiger partial charge in [0, 0.05) is 12.0 Å². The smallest absolute Gasteiger partial charge is 0.224 e. The van der Waals surface area contributed by atoms with Crippen LogP contribution < -0.4 is 5.32 Å². The Morgan fingerprint density at radius 3 is 2.78 bits per heavy atom. The van der Waals surface area contributed by atoms with E-state index in [4.69, 9.17) is 4.74 Å². The lowest BCUT2D eigenvalue weighted by molar-refractivity contribution is -0.121. The van der Waals surface area contributed by atoms with Gasteiger partial charge in [0.05, 0.1) is 18.6 Å². The molecule has 0 spiro atoms. The largest absolute Gasteiger partial charge is 0.379 e. The zero-order chi connectivity index (χ0) is 13.0. The van der Waals surface area contributed by atoms with E-state index < -0.39 is 0 Å². The number of methoxy groups -OCH3 is 1. The van der Waals surface area contributed by atoms with Gasteiger partial charge >= 0.3 is 0 Å². The second-order valence-electron chi connectivity index (χ2n) is 4.72. The van der Waals surface area contributed by atoms with Crippen LogP contribution in [0.2, 0.25) is 0 Å². The number of benzene rings is 1. The van der Waals surface area contributed by atoms with Crippen molar-refractivity contribution < 1.29 is 9.53 Å². The van der Waals surface area contributed by atoms with Gasteiger partial charge in [-0.15, -0.1) is 12.6 Å². The van der Waals surface area contributed by atoms with Crippen LogP contribution in [-0.4, -0.2) is 25.2 Å². The van der Waals surface area contributed by atoms with E-state index in [-0.39, 0.29) is 18.1 Å². The molecule has 0 radical (unpaired) electrons. The van der Waals surface area contributed by atoms with E-state index in [0.29, 0.717) is 6.42 Å². The number of ether oxygens (including phenoxy) is 1. The van der Waals surface area contributed by atoms with Gasteiger partial charge in [-0.2, -0.15) is 0 Å². The molecule has 1 N–H and O–H groups in total. The summed E-state index contributed by atoms with van der Waals surface area (Å²) in [5.41, 5.74) is 1.01. The van der Waals surface area contributed by atoms with Gasteiger partial charge in [0.15, 0.2) is 0 Å². The number of carbonyl (C=O) groups is 1. The van der Waals surface area contributed by atoms with Crippen LogP contribution >= 0.6 is 12.6 Å². The van der Waals surface area contributed by atoms with Crippen molar-refractivity contribution in [2.24, 2.45) is 0 Å². The van der Waals surface area contributed by atoms with Crippen LogP contribution in [0.1, 0.15) is 24.8 Å². The van der Waals surface area contributed by atoms with Gasteiger partial charge in [-0.25, -0.2) is 0 Å². The van der Waals surface area contributed by atoms with Crippen LogP contribution in [0.3, 0.4) is 0 Å². The Morgan fingerprint density at radius 2 is 2.11 bits per heavy atom. The van der Waals surface area contributed by atoms with E-state index in [0.717, 1.165) is 29.7 Å². The predicted octanol–water partition coefficient (Wildman–Crippen LogP) is 2.20. The first-order valence-electron chi connectivity index (χ1n) is 6.29. The van der Waals surface area contributed by atoms with Gasteiger partial charge in [0.25, 0.3) is 0 Å². The van der Waals surface area contributed by atoms with Crippen LogP contribution in [-0.2, 0) is 16.0 Å². The third kappa shape index (κ3) is 3.50. The average Bonchev–Trinajstić information content (AvgIpc) is 2.79. The molecule has 2 atom stereocenters. The monoisotopic (exact) mass is 265 g/mol. The van der Waals surface area contributed by atoms with Gasteiger partial charge in [0.1, 0.15) is 0 Å². The maximum atomic E-state index is 11.9. The van der Waals surface area contributed by atoms with Gasteiger partial charge in [0.2, 0.25) is 5.91 Å². The predicted molar refractivity (Wildman–Crippen MR) is 74.0 cm³/mol. The summed E-state index contributed by atoms with van der Waals surface area (Å²) in [7, 11) is 1.71. The molecule has 0 heterocycles. The third-order valence-electron chi connectivity index (χ3n) is 3.40. The summed E-state index contributed by atoms with van der Waals surface area (Å²) >= 11 is 4.22. The highest BCUT2D eigenvalue weighted by Crippen LogP contribution is 2.21. The number of amides is 1. The molecule has 0 aromatic heterocycles. The number of thiol groups is 1. The second-order valence-corrected chi connectivity index (χ2v) is 5.24. The van der Waals surface area contributed by atoms with Crippen molar-refractivity contribution in [2.75, 3.05) is 7.11 Å². The molecule has 0 aliphatic heterocycles. The summed E-state index contributed by atoms with van der Waals surface area (Å²) in [5.74, 6) is 0.0656. The van der Waals surface area contributed by atoms with Crippen molar-refractivity contribution in [2.45, 2.75) is 42.7 Å². The summed E-state index contributed by atoms with van der Waals surface area (Å²) in [5, 5.41) is 3.06. The molecular weight excluding hydrogens is 246 g/mol. The average molecular weight is 265 g/mol. The molecule has 2 unspecified atom stereocenters. The van der Waals surface area contributed by atoms with Crippen LogP contribution in [0.4, 0.5) is 0 Å². The molecule has 1 aliphatic rings. The first-order valence-corrected chi connectivity index (χ1v) is 6.74. The molecular formula is C14H19NO2S. The fourth-order valence-corrected chi connectivity index (χ4v) is 2.58. The van der Waals surface area contributed by atoms with E-state index in [1.807, 2.05) is 24.3 Å². The number of carbonyl (C=O) groups excluding carboxylic acids is 1. The SMILES string of the molecule is COC1CCCC1NC(=O)Cc1ccc(S)cc1. The maximum Gasteiger partial charge on any atom is 0.224 e. The van der Waals surface area contributed by atoms with Crippen LogP contribution in [0, 0.1) is 0 Å². The lowest BCUT2D eigenvalue weighted by Gasteiger charge is -2.19. The highest BCUT2D eigenvalue weighted by atomic mass is 32.1. The van der Waals surface area contributed by atoms with Crippen LogP contribution in [0.5, 0.6) is 0 Å². The molecule has 0 bridgehead atoms. The number of hydrogen-bond donors (Lipinski definition) is 2. The van der Waals surface area contributed by atoms with Gasteiger partial charge < -0.3 is 10.1 Å². The number of nitrogens with one attached hydrogen (secondary N) is 1. The molecule has 1 saturated carbocycles. The minimum Gasteiger partial charge on any atom is -0.379 e. The quantitative estimate of drug-likeness (QED) is 0.819. The van der Waals surface area contributed by atoms with Gasteiger partial charge in [-0.05, 0) is 37.0 Å². The molecule has 98 valence electrons. The van der Waals surface area contributed by atoms with Crippen LogP contribution in [0.15, 0.2) is 29.2 Å². The molecule has 18 heavy (non-hydrogen) atoms. The van der Waals surface area contributed by atoms with Gasteiger partial charge in [-0.1, -0.05) is 12.1 Å². The number of hydrogen-bond acceptors (Lipinski definition) is 3. The third-order valence-corrected chi connectivity index (χ3v) is 3.70. The Labute approximate surface area is 113 Å². The van der Waals surface area contributed by atoms with Crippen LogP contribution in [0.25, 0.3) is 0 Å². The molecule has 1 aliphatic carbocycles. The molecule has 1 fully saturated rings. The van der Waals surface area contributed by atoms with Crippen molar-refractivity contribution in [3.05, 3.63) is 29.8 Å². The van der Waals surface area contributed by atoms with E-state index in [9.17, 15) is 4.79 Å². The standard InChI is InChI=1S/C14H19NO2S/c1-17-13-4-2-3-12(13)15-14(16)9-10-5-7-11(18)8-6-10/h5-8,12-13,18H,2-4,9H2,1H3,(H,15,16). The Hall–Kier alpha value is -1.00. The summed E-state index contributed by atoms with van der Waals surface area (Å²) in [6.07, 6.45) is 3.77.